The van der Waals surface area contributed by atoms with Crippen LogP contribution in [0.4, 0.5) is 11.8 Å². The first kappa shape index (κ1) is 18.9. The molecule has 1 atom stereocenters. The van der Waals surface area contributed by atoms with E-state index in [4.69, 9.17) is 4.74 Å². The first-order chi connectivity index (χ1) is 14.1. The molecule has 0 aliphatic carbocycles. The first-order valence-electron chi connectivity index (χ1n) is 9.34. The van der Waals surface area contributed by atoms with E-state index >= 15 is 0 Å². The van der Waals surface area contributed by atoms with Gasteiger partial charge in [0.2, 0.25) is 5.95 Å². The molecule has 1 fully saturated rings. The van der Waals surface area contributed by atoms with Crippen molar-refractivity contribution in [3.8, 4) is 5.75 Å². The van der Waals surface area contributed by atoms with Gasteiger partial charge in [-0.05, 0) is 25.5 Å². The molecule has 1 saturated heterocycles. The third-order valence-electron chi connectivity index (χ3n) is 5.12. The van der Waals surface area contributed by atoms with Gasteiger partial charge >= 0.3 is 12.1 Å². The van der Waals surface area contributed by atoms with Gasteiger partial charge in [0.1, 0.15) is 11.3 Å². The average Bonchev–Trinajstić information content (AvgIpc) is 3.37. The zero-order valence-corrected chi connectivity index (χ0v) is 16.2. The Morgan fingerprint density at radius 3 is 2.93 bits per heavy atom. The smallest absolute Gasteiger partial charge is 0.328 e. The van der Waals surface area contributed by atoms with Crippen LogP contribution in [0.15, 0.2) is 29.1 Å². The van der Waals surface area contributed by atoms with E-state index in [2.05, 4.69) is 25.6 Å². The summed E-state index contributed by atoms with van der Waals surface area (Å²) in [5.74, 6) is 1.29. The summed E-state index contributed by atoms with van der Waals surface area (Å²) < 4.78 is 6.90. The van der Waals surface area contributed by atoms with Crippen LogP contribution in [0.5, 0.6) is 5.75 Å². The fourth-order valence-electron chi connectivity index (χ4n) is 3.60. The molecule has 1 aliphatic heterocycles. The third-order valence-corrected chi connectivity index (χ3v) is 5.12. The van der Waals surface area contributed by atoms with Gasteiger partial charge in [0, 0.05) is 12.6 Å². The van der Waals surface area contributed by atoms with Crippen LogP contribution in [0.25, 0.3) is 11.2 Å². The predicted octanol–water partition coefficient (Wildman–Crippen LogP) is 0.801. The van der Waals surface area contributed by atoms with E-state index in [0.717, 1.165) is 24.9 Å². The Morgan fingerprint density at radius 2 is 2.21 bits per heavy atom. The van der Waals surface area contributed by atoms with Crippen molar-refractivity contribution < 1.29 is 9.53 Å². The molecule has 0 bridgehead atoms. The Balaban J connectivity index is 1.83. The number of imidazole rings is 1. The van der Waals surface area contributed by atoms with Crippen LogP contribution in [0.3, 0.4) is 0 Å². The Hall–Kier alpha value is -3.40. The highest BCUT2D eigenvalue weighted by Gasteiger charge is 2.24. The first-order valence-corrected chi connectivity index (χ1v) is 9.34. The molecule has 3 aromatic rings. The summed E-state index contributed by atoms with van der Waals surface area (Å²) in [6, 6.07) is 7.47. The minimum absolute atomic E-state index is 0.0915. The lowest BCUT2D eigenvalue weighted by molar-refractivity contribution is 0.408. The van der Waals surface area contributed by atoms with E-state index in [0.29, 0.717) is 22.9 Å². The molecular weight excluding hydrogens is 374 g/mol. The minimum atomic E-state index is -0.354. The van der Waals surface area contributed by atoms with Crippen LogP contribution < -0.4 is 26.0 Å². The number of rotatable bonds is 7. The van der Waals surface area contributed by atoms with Crippen molar-refractivity contribution in [3.05, 3.63) is 40.3 Å². The van der Waals surface area contributed by atoms with Crippen LogP contribution in [-0.2, 0) is 11.3 Å². The number of H-pyrrole nitrogens is 1. The molecule has 1 amide bonds. The highest BCUT2D eigenvalue weighted by molar-refractivity contribution is 5.89. The Bertz CT molecular complexity index is 1090. The lowest BCUT2D eigenvalue weighted by Crippen LogP contribution is -2.40. The van der Waals surface area contributed by atoms with E-state index in [9.17, 15) is 9.59 Å². The number of carbonyl (C=O) groups excluding carboxylic acids is 1. The van der Waals surface area contributed by atoms with E-state index in [1.165, 1.54) is 4.57 Å². The number of benzene rings is 1. The van der Waals surface area contributed by atoms with Gasteiger partial charge in [0.05, 0.1) is 19.8 Å². The standard InChI is InChI=1S/C19H22N7O3/c1-25(14-8-5-9-20-14)18-23-16(21-11-27)15-17(24-18)26(19(28)22-15)10-12-6-3-4-7-13(12)29-2/h3-4,6-7,14,20H,5,8-10H2,1-2H3,(H,22,28)(H,21,23,24,27)/t14-/m1/s1. The molecule has 1 aromatic carbocycles. The second-order valence-corrected chi connectivity index (χ2v) is 6.85. The number of hydrogen-bond acceptors (Lipinski definition) is 7. The maximum atomic E-state index is 12.7. The monoisotopic (exact) mass is 396 g/mol. The van der Waals surface area contributed by atoms with Crippen molar-refractivity contribution in [2.24, 2.45) is 0 Å². The number of aromatic amines is 1. The van der Waals surface area contributed by atoms with Crippen LogP contribution in [0.1, 0.15) is 18.4 Å². The van der Waals surface area contributed by atoms with E-state index in [1.807, 2.05) is 36.2 Å². The van der Waals surface area contributed by atoms with Crippen LogP contribution in [0.2, 0.25) is 0 Å². The molecule has 10 nitrogen and oxygen atoms in total. The lowest BCUT2D eigenvalue weighted by Gasteiger charge is -2.24. The van der Waals surface area contributed by atoms with Gasteiger partial charge in [-0.15, -0.1) is 0 Å². The second-order valence-electron chi connectivity index (χ2n) is 6.85. The number of aromatic nitrogens is 4. The van der Waals surface area contributed by atoms with Crippen LogP contribution in [-0.4, -0.2) is 52.8 Å². The zero-order chi connectivity index (χ0) is 20.4. The van der Waals surface area contributed by atoms with Crippen molar-refractivity contribution in [1.82, 2.24) is 24.8 Å². The Morgan fingerprint density at radius 1 is 1.38 bits per heavy atom. The SMILES string of the molecule is COc1ccccc1Cn1c(=O)[nH]c2c(N[C]=O)nc(N(C)[C@@H]3CCCN3)nc21. The highest BCUT2D eigenvalue weighted by atomic mass is 16.5. The quantitative estimate of drug-likeness (QED) is 0.506. The van der Waals surface area contributed by atoms with Crippen molar-refractivity contribution in [1.29, 1.82) is 0 Å². The molecule has 10 heteroatoms. The molecule has 151 valence electrons. The highest BCUT2D eigenvalue weighted by Crippen LogP contribution is 2.25. The van der Waals surface area contributed by atoms with Gasteiger partial charge in [-0.1, -0.05) is 18.2 Å². The number of nitrogens with zero attached hydrogens (tertiary/aromatic N) is 4. The molecule has 4 rings (SSSR count). The molecule has 3 heterocycles. The summed E-state index contributed by atoms with van der Waals surface area (Å²) in [6.07, 6.45) is 3.75. The second kappa shape index (κ2) is 7.92. The largest absolute Gasteiger partial charge is 0.496 e. The van der Waals surface area contributed by atoms with Gasteiger partial charge in [0.15, 0.2) is 11.5 Å². The maximum absolute atomic E-state index is 12.7. The summed E-state index contributed by atoms with van der Waals surface area (Å²) in [6.45, 7) is 1.18. The average molecular weight is 396 g/mol. The fraction of sp³-hybridized carbons (Fsp3) is 0.368. The number of hydrogen-bond donors (Lipinski definition) is 3. The molecule has 1 radical (unpaired) electrons. The Kier molecular flexibility index (Phi) is 5.17. The molecule has 1 aliphatic rings. The van der Waals surface area contributed by atoms with Crippen molar-refractivity contribution in [3.63, 3.8) is 0 Å². The van der Waals surface area contributed by atoms with Gasteiger partial charge in [-0.3, -0.25) is 14.7 Å². The summed E-state index contributed by atoms with van der Waals surface area (Å²) in [5, 5.41) is 5.84. The van der Waals surface area contributed by atoms with Crippen LogP contribution in [0, 0.1) is 0 Å². The number of amides is 1. The number of ether oxygens (including phenoxy) is 1. The predicted molar refractivity (Wildman–Crippen MR) is 109 cm³/mol. The zero-order valence-electron chi connectivity index (χ0n) is 16.2. The summed E-state index contributed by atoms with van der Waals surface area (Å²) in [7, 11) is 3.47. The normalized spacial score (nSPS) is 16.1. The topological polar surface area (TPSA) is 117 Å². The number of fused-ring (bicyclic) bond motifs is 1. The summed E-state index contributed by atoms with van der Waals surface area (Å²) >= 11 is 0. The molecule has 0 saturated carbocycles. The van der Waals surface area contributed by atoms with E-state index < -0.39 is 0 Å². The van der Waals surface area contributed by atoms with Gasteiger partial charge < -0.3 is 19.9 Å². The molecular formula is C19H22N7O3. The lowest BCUT2D eigenvalue weighted by atomic mass is 10.2. The molecule has 3 N–H and O–H groups in total. The van der Waals surface area contributed by atoms with Gasteiger partial charge in [0.25, 0.3) is 0 Å². The molecule has 2 aromatic heterocycles. The van der Waals surface area contributed by atoms with E-state index in [1.54, 1.807) is 13.5 Å². The summed E-state index contributed by atoms with van der Waals surface area (Å²) in [4.78, 5) is 37.4. The van der Waals surface area contributed by atoms with E-state index in [-0.39, 0.29) is 24.2 Å². The number of anilines is 2. The summed E-state index contributed by atoms with van der Waals surface area (Å²) in [5.41, 5.74) is 1.23. The number of nitrogens with one attached hydrogen (secondary N) is 3. The van der Waals surface area contributed by atoms with Crippen LogP contribution >= 0.6 is 0 Å². The maximum Gasteiger partial charge on any atom is 0.328 e. The van der Waals surface area contributed by atoms with Gasteiger partial charge in [-0.2, -0.15) is 9.97 Å². The molecule has 0 spiro atoms. The minimum Gasteiger partial charge on any atom is -0.496 e. The number of methoxy groups -OCH3 is 1. The fourth-order valence-corrected chi connectivity index (χ4v) is 3.60. The Labute approximate surface area is 166 Å². The van der Waals surface area contributed by atoms with Crippen molar-refractivity contribution in [2.75, 3.05) is 30.9 Å². The molecule has 0 unspecified atom stereocenters. The molecule has 29 heavy (non-hydrogen) atoms. The van der Waals surface area contributed by atoms with Crippen molar-refractivity contribution in [2.45, 2.75) is 25.6 Å². The third kappa shape index (κ3) is 3.54. The van der Waals surface area contributed by atoms with Gasteiger partial charge in [-0.25, -0.2) is 4.79 Å². The van der Waals surface area contributed by atoms with Crippen molar-refractivity contribution >= 4 is 29.3 Å². The number of para-hydroxylation sites is 1.